The van der Waals surface area contributed by atoms with Crippen LogP contribution in [0, 0.1) is 13.8 Å². The van der Waals surface area contributed by atoms with Gasteiger partial charge in [0.1, 0.15) is 11.6 Å². The quantitative estimate of drug-likeness (QED) is 0.817. The number of aryl methyl sites for hydroxylation is 2. The average molecular weight is 327 g/mol. The van der Waals surface area contributed by atoms with Gasteiger partial charge in [-0.25, -0.2) is 4.98 Å². The molecule has 0 spiro atoms. The monoisotopic (exact) mass is 327 g/mol. The molecule has 0 aliphatic heterocycles. The number of carbonyl (C=O) groups is 2. The molecule has 0 aliphatic rings. The Morgan fingerprint density at radius 3 is 2.62 bits per heavy atom. The van der Waals surface area contributed by atoms with Crippen molar-refractivity contribution in [2.45, 2.75) is 20.3 Å². The van der Waals surface area contributed by atoms with E-state index in [2.05, 4.69) is 15.6 Å². The van der Waals surface area contributed by atoms with E-state index in [0.717, 1.165) is 11.1 Å². The van der Waals surface area contributed by atoms with Crippen LogP contribution in [0.15, 0.2) is 42.6 Å². The number of amides is 2. The third kappa shape index (κ3) is 6.08. The van der Waals surface area contributed by atoms with E-state index in [0.29, 0.717) is 11.6 Å². The molecule has 0 aliphatic carbocycles. The summed E-state index contributed by atoms with van der Waals surface area (Å²) >= 11 is 0. The second-order valence-corrected chi connectivity index (χ2v) is 5.47. The van der Waals surface area contributed by atoms with Crippen molar-refractivity contribution in [1.29, 1.82) is 0 Å². The minimum absolute atomic E-state index is 0.0788. The van der Waals surface area contributed by atoms with Crippen LogP contribution in [-0.4, -0.2) is 29.9 Å². The number of ether oxygens (including phenoxy) is 1. The number of hydrogen-bond acceptors (Lipinski definition) is 4. The molecule has 0 unspecified atom stereocenters. The molecule has 126 valence electrons. The van der Waals surface area contributed by atoms with Crippen molar-refractivity contribution >= 4 is 17.6 Å². The molecule has 0 saturated heterocycles. The average Bonchev–Trinajstić information content (AvgIpc) is 2.55. The van der Waals surface area contributed by atoms with Crippen LogP contribution in [0.5, 0.6) is 5.75 Å². The fraction of sp³-hybridized carbons (Fsp3) is 0.278. The van der Waals surface area contributed by atoms with Gasteiger partial charge in [-0.3, -0.25) is 9.59 Å². The molecule has 24 heavy (non-hydrogen) atoms. The molecule has 0 atom stereocenters. The van der Waals surface area contributed by atoms with Crippen LogP contribution >= 0.6 is 0 Å². The van der Waals surface area contributed by atoms with Crippen molar-refractivity contribution in [3.8, 4) is 5.75 Å². The fourth-order valence-corrected chi connectivity index (χ4v) is 1.97. The molecule has 2 aromatic rings. The predicted octanol–water partition coefficient (Wildman–Crippen LogP) is 2.22. The third-order valence-electron chi connectivity index (χ3n) is 3.21. The number of hydrogen-bond donors (Lipinski definition) is 2. The molecular weight excluding hydrogens is 306 g/mol. The number of nitrogens with one attached hydrogen (secondary N) is 2. The highest BCUT2D eigenvalue weighted by Crippen LogP contribution is 2.11. The van der Waals surface area contributed by atoms with Gasteiger partial charge in [0.2, 0.25) is 5.91 Å². The summed E-state index contributed by atoms with van der Waals surface area (Å²) in [6, 6.07) is 11.1. The minimum atomic E-state index is -0.266. The van der Waals surface area contributed by atoms with Crippen LogP contribution in [0.4, 0.5) is 5.82 Å². The first-order valence-corrected chi connectivity index (χ1v) is 7.71. The Labute approximate surface area is 141 Å². The highest BCUT2D eigenvalue weighted by atomic mass is 16.5. The topological polar surface area (TPSA) is 80.3 Å². The zero-order chi connectivity index (χ0) is 17.4. The Hall–Kier alpha value is -2.89. The maximum atomic E-state index is 11.8. The molecule has 0 saturated carbocycles. The first-order valence-electron chi connectivity index (χ1n) is 7.71. The van der Waals surface area contributed by atoms with E-state index in [1.54, 1.807) is 18.3 Å². The number of benzene rings is 1. The van der Waals surface area contributed by atoms with Crippen molar-refractivity contribution in [1.82, 2.24) is 10.3 Å². The Balaban J connectivity index is 1.65. The third-order valence-corrected chi connectivity index (χ3v) is 3.21. The molecule has 0 bridgehead atoms. The number of anilines is 1. The van der Waals surface area contributed by atoms with Gasteiger partial charge >= 0.3 is 0 Å². The molecule has 2 amide bonds. The largest absolute Gasteiger partial charge is 0.484 e. The SMILES string of the molecule is Cc1ccc(NC(=O)CCNC(=O)COc2cccc(C)c2)nc1. The fourth-order valence-electron chi connectivity index (χ4n) is 1.97. The summed E-state index contributed by atoms with van der Waals surface area (Å²) in [6.45, 7) is 4.04. The van der Waals surface area contributed by atoms with Gasteiger partial charge in [0.25, 0.3) is 5.91 Å². The number of pyridine rings is 1. The van der Waals surface area contributed by atoms with Crippen LogP contribution in [0.1, 0.15) is 17.5 Å². The van der Waals surface area contributed by atoms with Crippen LogP contribution in [0.25, 0.3) is 0 Å². The minimum Gasteiger partial charge on any atom is -0.484 e. The molecule has 6 nitrogen and oxygen atoms in total. The van der Waals surface area contributed by atoms with Gasteiger partial charge in [-0.2, -0.15) is 0 Å². The maximum absolute atomic E-state index is 11.8. The lowest BCUT2D eigenvalue weighted by atomic mass is 10.2. The lowest BCUT2D eigenvalue weighted by Crippen LogP contribution is -2.31. The van der Waals surface area contributed by atoms with Crippen LogP contribution in [0.2, 0.25) is 0 Å². The second-order valence-electron chi connectivity index (χ2n) is 5.47. The molecule has 0 radical (unpaired) electrons. The van der Waals surface area contributed by atoms with Gasteiger partial charge in [0.05, 0.1) is 0 Å². The van der Waals surface area contributed by atoms with Gasteiger partial charge in [0, 0.05) is 19.2 Å². The molecule has 1 heterocycles. The van der Waals surface area contributed by atoms with Gasteiger partial charge < -0.3 is 15.4 Å². The maximum Gasteiger partial charge on any atom is 0.257 e. The lowest BCUT2D eigenvalue weighted by molar-refractivity contribution is -0.123. The van der Waals surface area contributed by atoms with Crippen LogP contribution in [-0.2, 0) is 9.59 Å². The first-order chi connectivity index (χ1) is 11.5. The van der Waals surface area contributed by atoms with Gasteiger partial charge in [-0.05, 0) is 43.2 Å². The molecule has 6 heteroatoms. The lowest BCUT2D eigenvalue weighted by Gasteiger charge is -2.08. The van der Waals surface area contributed by atoms with E-state index >= 15 is 0 Å². The van der Waals surface area contributed by atoms with Crippen LogP contribution < -0.4 is 15.4 Å². The van der Waals surface area contributed by atoms with Gasteiger partial charge in [0.15, 0.2) is 6.61 Å². The van der Waals surface area contributed by atoms with E-state index in [4.69, 9.17) is 4.74 Å². The van der Waals surface area contributed by atoms with Crippen molar-refractivity contribution in [3.05, 3.63) is 53.7 Å². The van der Waals surface area contributed by atoms with Gasteiger partial charge in [-0.1, -0.05) is 18.2 Å². The Kier molecular flexibility index (Phi) is 6.31. The Morgan fingerprint density at radius 2 is 1.92 bits per heavy atom. The van der Waals surface area contributed by atoms with E-state index < -0.39 is 0 Å². The summed E-state index contributed by atoms with van der Waals surface area (Å²) in [6.07, 6.45) is 1.85. The predicted molar refractivity (Wildman–Crippen MR) is 91.9 cm³/mol. The summed E-state index contributed by atoms with van der Waals surface area (Å²) < 4.78 is 5.39. The number of rotatable bonds is 7. The molecular formula is C18H21N3O3. The van der Waals surface area contributed by atoms with E-state index in [9.17, 15) is 9.59 Å². The molecule has 2 N–H and O–H groups in total. The van der Waals surface area contributed by atoms with Crippen LogP contribution in [0.3, 0.4) is 0 Å². The second kappa shape index (κ2) is 8.67. The standard InChI is InChI=1S/C18H21N3O3/c1-13-4-3-5-15(10-13)24-12-18(23)19-9-8-17(22)21-16-7-6-14(2)11-20-16/h3-7,10-11H,8-9,12H2,1-2H3,(H,19,23)(H,20,21,22). The van der Waals surface area contributed by atoms with Crippen molar-refractivity contribution < 1.29 is 14.3 Å². The van der Waals surface area contributed by atoms with Crippen molar-refractivity contribution in [2.24, 2.45) is 0 Å². The molecule has 1 aromatic carbocycles. The van der Waals surface area contributed by atoms with E-state index in [-0.39, 0.29) is 31.4 Å². The summed E-state index contributed by atoms with van der Waals surface area (Å²) in [5.74, 6) is 0.678. The number of carbonyl (C=O) groups excluding carboxylic acids is 2. The summed E-state index contributed by atoms with van der Waals surface area (Å²) in [5.41, 5.74) is 2.09. The smallest absolute Gasteiger partial charge is 0.257 e. The first kappa shape index (κ1) is 17.5. The van der Waals surface area contributed by atoms with Crippen molar-refractivity contribution in [3.63, 3.8) is 0 Å². The summed E-state index contributed by atoms with van der Waals surface area (Å²) in [5, 5.41) is 5.32. The highest BCUT2D eigenvalue weighted by molar-refractivity contribution is 5.90. The molecule has 0 fully saturated rings. The highest BCUT2D eigenvalue weighted by Gasteiger charge is 2.06. The van der Waals surface area contributed by atoms with E-state index in [1.807, 2.05) is 38.1 Å². The normalized spacial score (nSPS) is 10.1. The molecule has 2 rings (SSSR count). The van der Waals surface area contributed by atoms with Crippen molar-refractivity contribution in [2.75, 3.05) is 18.5 Å². The zero-order valence-electron chi connectivity index (χ0n) is 13.8. The zero-order valence-corrected chi connectivity index (χ0v) is 13.8. The number of aromatic nitrogens is 1. The van der Waals surface area contributed by atoms with Gasteiger partial charge in [-0.15, -0.1) is 0 Å². The number of nitrogens with zero attached hydrogens (tertiary/aromatic N) is 1. The molecule has 1 aromatic heterocycles. The summed E-state index contributed by atoms with van der Waals surface area (Å²) in [4.78, 5) is 27.6. The van der Waals surface area contributed by atoms with E-state index in [1.165, 1.54) is 0 Å². The Morgan fingerprint density at radius 1 is 1.08 bits per heavy atom. The summed E-state index contributed by atoms with van der Waals surface area (Å²) in [7, 11) is 0. The Bertz CT molecular complexity index is 699.